The number of fused-ring (bicyclic) bond motifs is 3. The van der Waals surface area contributed by atoms with Gasteiger partial charge in [-0.25, -0.2) is 15.0 Å². The SMILES string of the molecule is CNCCCc1cnc(F)c(Nc2ncc3c(n2)-c2ccc(Cl)cc2NC(=S)C3)c1. The van der Waals surface area contributed by atoms with Gasteiger partial charge in [-0.2, -0.15) is 4.39 Å². The van der Waals surface area contributed by atoms with Crippen molar-refractivity contribution in [1.29, 1.82) is 0 Å². The first-order valence-corrected chi connectivity index (χ1v) is 10.3. The minimum atomic E-state index is -0.596. The van der Waals surface area contributed by atoms with E-state index >= 15 is 0 Å². The summed E-state index contributed by atoms with van der Waals surface area (Å²) >= 11 is 11.6. The number of halogens is 2. The maximum atomic E-state index is 14.3. The van der Waals surface area contributed by atoms with Crippen molar-refractivity contribution in [2.45, 2.75) is 19.3 Å². The molecule has 1 aliphatic heterocycles. The van der Waals surface area contributed by atoms with E-state index in [1.54, 1.807) is 24.5 Å². The Hall–Kier alpha value is -2.68. The largest absolute Gasteiger partial charge is 0.349 e. The second kappa shape index (κ2) is 8.99. The van der Waals surface area contributed by atoms with E-state index < -0.39 is 5.95 Å². The molecule has 1 aliphatic rings. The Morgan fingerprint density at radius 1 is 1.23 bits per heavy atom. The Morgan fingerprint density at radius 3 is 2.93 bits per heavy atom. The Bertz CT molecular complexity index is 1110. The fourth-order valence-corrected chi connectivity index (χ4v) is 3.77. The van der Waals surface area contributed by atoms with E-state index in [1.807, 2.05) is 19.2 Å². The molecule has 0 bridgehead atoms. The van der Waals surface area contributed by atoms with Crippen molar-refractivity contribution in [2.75, 3.05) is 24.2 Å². The number of anilines is 3. The van der Waals surface area contributed by atoms with Crippen LogP contribution < -0.4 is 16.0 Å². The molecule has 0 saturated heterocycles. The Kier molecular flexibility index (Phi) is 6.17. The molecule has 0 radical (unpaired) electrons. The minimum absolute atomic E-state index is 0.246. The van der Waals surface area contributed by atoms with E-state index in [-0.39, 0.29) is 11.6 Å². The number of nitrogens with one attached hydrogen (secondary N) is 3. The van der Waals surface area contributed by atoms with Crippen LogP contribution in [-0.2, 0) is 12.8 Å². The van der Waals surface area contributed by atoms with Crippen LogP contribution in [0.4, 0.5) is 21.7 Å². The molecule has 3 aromatic rings. The number of pyridine rings is 1. The van der Waals surface area contributed by atoms with E-state index in [4.69, 9.17) is 23.8 Å². The lowest BCUT2D eigenvalue weighted by Crippen LogP contribution is -2.10. The van der Waals surface area contributed by atoms with Crippen LogP contribution in [0.5, 0.6) is 0 Å². The summed E-state index contributed by atoms with van der Waals surface area (Å²) in [5.41, 5.74) is 4.45. The Balaban J connectivity index is 1.66. The van der Waals surface area contributed by atoms with Crippen LogP contribution in [0.2, 0.25) is 5.02 Å². The van der Waals surface area contributed by atoms with E-state index in [1.165, 1.54) is 0 Å². The van der Waals surface area contributed by atoms with Gasteiger partial charge in [-0.1, -0.05) is 23.8 Å². The third kappa shape index (κ3) is 4.56. The van der Waals surface area contributed by atoms with Crippen LogP contribution in [0.25, 0.3) is 11.3 Å². The summed E-state index contributed by atoms with van der Waals surface area (Å²) in [5, 5.41) is 9.88. The lowest BCUT2D eigenvalue weighted by atomic mass is 10.1. The molecule has 0 saturated carbocycles. The number of hydrogen-bond donors (Lipinski definition) is 3. The second-order valence-corrected chi connectivity index (χ2v) is 7.93. The normalized spacial score (nSPS) is 12.6. The molecule has 154 valence electrons. The van der Waals surface area contributed by atoms with E-state index in [2.05, 4.69) is 30.9 Å². The van der Waals surface area contributed by atoms with Gasteiger partial charge in [0.25, 0.3) is 0 Å². The van der Waals surface area contributed by atoms with Crippen LogP contribution in [0.3, 0.4) is 0 Å². The van der Waals surface area contributed by atoms with Gasteiger partial charge in [0.15, 0.2) is 0 Å². The van der Waals surface area contributed by atoms with Gasteiger partial charge in [-0.15, -0.1) is 0 Å². The van der Waals surface area contributed by atoms with Crippen molar-refractivity contribution in [3.63, 3.8) is 0 Å². The second-order valence-electron chi connectivity index (χ2n) is 7.00. The fourth-order valence-electron chi connectivity index (χ4n) is 3.33. The molecule has 0 amide bonds. The topological polar surface area (TPSA) is 74.8 Å². The molecule has 0 unspecified atom stereocenters. The van der Waals surface area contributed by atoms with Gasteiger partial charge in [-0.3, -0.25) is 0 Å². The smallest absolute Gasteiger partial charge is 0.236 e. The van der Waals surface area contributed by atoms with Gasteiger partial charge < -0.3 is 16.0 Å². The number of rotatable bonds is 6. The molecule has 0 atom stereocenters. The van der Waals surface area contributed by atoms with E-state index in [0.717, 1.165) is 47.5 Å². The van der Waals surface area contributed by atoms with Gasteiger partial charge in [0.1, 0.15) is 0 Å². The fraction of sp³-hybridized carbons (Fsp3) is 0.238. The average molecular weight is 443 g/mol. The summed E-state index contributed by atoms with van der Waals surface area (Å²) in [6, 6.07) is 7.25. The minimum Gasteiger partial charge on any atom is -0.349 e. The summed E-state index contributed by atoms with van der Waals surface area (Å²) in [7, 11) is 1.90. The molecule has 3 heterocycles. The van der Waals surface area contributed by atoms with Crippen LogP contribution in [0.15, 0.2) is 36.7 Å². The number of nitrogens with zero attached hydrogens (tertiary/aromatic N) is 3. The zero-order valence-electron chi connectivity index (χ0n) is 16.3. The van der Waals surface area contributed by atoms with Crippen LogP contribution in [-0.4, -0.2) is 33.5 Å². The lowest BCUT2D eigenvalue weighted by molar-refractivity contribution is 0.585. The Morgan fingerprint density at radius 2 is 2.10 bits per heavy atom. The highest BCUT2D eigenvalue weighted by Crippen LogP contribution is 2.35. The van der Waals surface area contributed by atoms with Gasteiger partial charge in [0.05, 0.1) is 16.4 Å². The van der Waals surface area contributed by atoms with Crippen molar-refractivity contribution in [1.82, 2.24) is 20.3 Å². The van der Waals surface area contributed by atoms with E-state index in [0.29, 0.717) is 16.4 Å². The molecule has 0 spiro atoms. The highest BCUT2D eigenvalue weighted by molar-refractivity contribution is 7.80. The summed E-state index contributed by atoms with van der Waals surface area (Å²) < 4.78 is 14.3. The number of aryl methyl sites for hydroxylation is 1. The zero-order valence-corrected chi connectivity index (χ0v) is 17.9. The van der Waals surface area contributed by atoms with Crippen molar-refractivity contribution in [3.8, 4) is 11.3 Å². The predicted octanol–water partition coefficient (Wildman–Crippen LogP) is 4.52. The maximum Gasteiger partial charge on any atom is 0.236 e. The first kappa shape index (κ1) is 20.6. The predicted molar refractivity (Wildman–Crippen MR) is 122 cm³/mol. The average Bonchev–Trinajstić information content (AvgIpc) is 2.85. The molecular formula is C21H20ClFN6S. The van der Waals surface area contributed by atoms with Crippen molar-refractivity contribution in [3.05, 3.63) is 58.8 Å². The van der Waals surface area contributed by atoms with Crippen LogP contribution in [0, 0.1) is 5.95 Å². The molecule has 1 aromatic carbocycles. The zero-order chi connectivity index (χ0) is 21.1. The van der Waals surface area contributed by atoms with Crippen molar-refractivity contribution >= 4 is 46.1 Å². The third-order valence-electron chi connectivity index (χ3n) is 4.76. The van der Waals surface area contributed by atoms with Gasteiger partial charge >= 0.3 is 0 Å². The Labute approximate surface area is 184 Å². The monoisotopic (exact) mass is 442 g/mol. The van der Waals surface area contributed by atoms with Crippen LogP contribution >= 0.6 is 23.8 Å². The van der Waals surface area contributed by atoms with Crippen molar-refractivity contribution < 1.29 is 4.39 Å². The van der Waals surface area contributed by atoms with Crippen LogP contribution in [0.1, 0.15) is 17.5 Å². The highest BCUT2D eigenvalue weighted by atomic mass is 35.5. The summed E-state index contributed by atoms with van der Waals surface area (Å²) in [5.74, 6) is -0.309. The molecule has 6 nitrogen and oxygen atoms in total. The first-order chi connectivity index (χ1) is 14.5. The summed E-state index contributed by atoms with van der Waals surface area (Å²) in [6.07, 6.45) is 5.51. The van der Waals surface area contributed by atoms with Gasteiger partial charge in [0.2, 0.25) is 11.9 Å². The standard InChI is InChI=1S/C21H20ClFN6S/c1-24-6-2-3-12-7-17(20(23)25-10-12)28-21-26-11-13-8-18(30)27-16-9-14(22)4-5-15(16)19(13)29-21/h4-5,7,9-11,24H,2-3,6,8H2,1H3,(H,27,30)(H,26,28,29). The number of aromatic nitrogens is 3. The summed E-state index contributed by atoms with van der Waals surface area (Å²) in [6.45, 7) is 0.882. The number of benzene rings is 1. The highest BCUT2D eigenvalue weighted by Gasteiger charge is 2.20. The maximum absolute atomic E-state index is 14.3. The van der Waals surface area contributed by atoms with Gasteiger partial charge in [0, 0.05) is 40.7 Å². The molecule has 3 N–H and O–H groups in total. The molecule has 2 aromatic heterocycles. The first-order valence-electron chi connectivity index (χ1n) is 9.55. The molecule has 0 aliphatic carbocycles. The third-order valence-corrected chi connectivity index (χ3v) is 5.24. The van der Waals surface area contributed by atoms with E-state index in [9.17, 15) is 4.39 Å². The molecule has 4 rings (SSSR count). The lowest BCUT2D eigenvalue weighted by Gasteiger charge is -2.12. The quantitative estimate of drug-likeness (QED) is 0.294. The number of thiocarbonyl (C=S) groups is 1. The molecule has 9 heteroatoms. The van der Waals surface area contributed by atoms with Gasteiger partial charge in [-0.05, 0) is 56.3 Å². The number of hydrogen-bond acceptors (Lipinski definition) is 6. The molecule has 30 heavy (non-hydrogen) atoms. The summed E-state index contributed by atoms with van der Waals surface area (Å²) in [4.78, 5) is 13.5. The van der Waals surface area contributed by atoms with Crippen molar-refractivity contribution in [2.24, 2.45) is 0 Å². The molecular weight excluding hydrogens is 423 g/mol. The molecule has 0 fully saturated rings.